The third-order valence-electron chi connectivity index (χ3n) is 6.06. The van der Waals surface area contributed by atoms with Crippen LogP contribution in [-0.4, -0.2) is 22.6 Å². The molecule has 5 aromatic carbocycles. The van der Waals surface area contributed by atoms with Gasteiger partial charge in [-0.2, -0.15) is 0 Å². The zero-order valence-electron chi connectivity index (χ0n) is 21.7. The summed E-state index contributed by atoms with van der Waals surface area (Å²) in [6, 6.07) is 37.2. The largest absolute Gasteiger partial charge is 0.507 e. The first-order valence-corrected chi connectivity index (χ1v) is 12.8. The minimum atomic E-state index is 0.0917. The van der Waals surface area contributed by atoms with Crippen LogP contribution < -0.4 is 9.47 Å². The molecule has 2 N–H and O–H groups in total. The van der Waals surface area contributed by atoms with Crippen LogP contribution in [0.1, 0.15) is 22.3 Å². The fraction of sp³-hybridized carbons (Fsp3) is 0.0588. The van der Waals surface area contributed by atoms with Crippen molar-refractivity contribution in [2.75, 3.05) is 0 Å². The second kappa shape index (κ2) is 12.9. The van der Waals surface area contributed by atoms with Crippen molar-refractivity contribution in [3.63, 3.8) is 0 Å². The summed E-state index contributed by atoms with van der Waals surface area (Å²) in [5, 5.41) is 20.8. The van der Waals surface area contributed by atoms with E-state index in [1.807, 2.05) is 84.9 Å². The molecule has 0 aliphatic rings. The fourth-order valence-corrected chi connectivity index (χ4v) is 3.89. The van der Waals surface area contributed by atoms with E-state index in [1.165, 1.54) is 0 Å². The Balaban J connectivity index is 1.30. The van der Waals surface area contributed by atoms with E-state index in [1.54, 1.807) is 48.8 Å². The molecule has 0 radical (unpaired) electrons. The Labute approximate surface area is 233 Å². The van der Waals surface area contributed by atoms with Crippen molar-refractivity contribution in [2.24, 2.45) is 9.98 Å². The van der Waals surface area contributed by atoms with Gasteiger partial charge in [-0.15, -0.1) is 0 Å². The zero-order valence-corrected chi connectivity index (χ0v) is 21.7. The van der Waals surface area contributed by atoms with Gasteiger partial charge in [0.15, 0.2) is 0 Å². The van der Waals surface area contributed by atoms with Crippen molar-refractivity contribution in [2.45, 2.75) is 13.2 Å². The minimum absolute atomic E-state index is 0.0917. The monoisotopic (exact) mass is 528 g/mol. The lowest BCUT2D eigenvalue weighted by atomic mass is 10.2. The molecule has 6 heteroatoms. The molecule has 0 aliphatic heterocycles. The minimum Gasteiger partial charge on any atom is -0.507 e. The van der Waals surface area contributed by atoms with Gasteiger partial charge in [-0.05, 0) is 59.7 Å². The van der Waals surface area contributed by atoms with Gasteiger partial charge in [0.1, 0.15) is 36.2 Å². The molecule has 0 saturated carbocycles. The SMILES string of the molecule is Oc1ccc(OCc2ccccc2)cc1C=Nc1ccccc1N=Cc1cc(OCc2ccccc2)ccc1O. The van der Waals surface area contributed by atoms with Gasteiger partial charge in [-0.1, -0.05) is 72.8 Å². The highest BCUT2D eigenvalue weighted by Crippen LogP contribution is 2.30. The first-order chi connectivity index (χ1) is 19.6. The standard InChI is InChI=1S/C34H28N2O4/c37-33-17-15-29(39-23-25-9-3-1-4-10-25)19-27(33)21-35-31-13-7-8-14-32(31)36-22-28-20-30(16-18-34(28)38)40-24-26-11-5-2-6-12-26/h1-22,37-38H,23-24H2. The summed E-state index contributed by atoms with van der Waals surface area (Å²) in [4.78, 5) is 9.14. The van der Waals surface area contributed by atoms with Crippen LogP contribution in [-0.2, 0) is 13.2 Å². The number of ether oxygens (including phenoxy) is 2. The molecule has 6 nitrogen and oxygen atoms in total. The molecule has 0 amide bonds. The summed E-state index contributed by atoms with van der Waals surface area (Å²) >= 11 is 0. The predicted molar refractivity (Wildman–Crippen MR) is 159 cm³/mol. The van der Waals surface area contributed by atoms with E-state index in [-0.39, 0.29) is 11.5 Å². The molecule has 0 bridgehead atoms. The molecular formula is C34H28N2O4. The van der Waals surface area contributed by atoms with Crippen LogP contribution in [0.2, 0.25) is 0 Å². The van der Waals surface area contributed by atoms with Gasteiger partial charge < -0.3 is 19.7 Å². The van der Waals surface area contributed by atoms with Crippen LogP contribution >= 0.6 is 0 Å². The number of hydrogen-bond acceptors (Lipinski definition) is 6. The van der Waals surface area contributed by atoms with Gasteiger partial charge in [0.2, 0.25) is 0 Å². The Hall–Kier alpha value is -5.36. The topological polar surface area (TPSA) is 83.6 Å². The number of aliphatic imine (C=N–C) groups is 2. The lowest BCUT2D eigenvalue weighted by molar-refractivity contribution is 0.305. The molecule has 5 aromatic rings. The van der Waals surface area contributed by atoms with E-state index in [2.05, 4.69) is 9.98 Å². The van der Waals surface area contributed by atoms with E-state index >= 15 is 0 Å². The number of aromatic hydroxyl groups is 2. The Bertz CT molecular complexity index is 1490. The number of para-hydroxylation sites is 2. The first kappa shape index (κ1) is 26.3. The Kier molecular flexibility index (Phi) is 8.49. The highest BCUT2D eigenvalue weighted by Gasteiger charge is 2.06. The van der Waals surface area contributed by atoms with Crippen LogP contribution in [0.5, 0.6) is 23.0 Å². The van der Waals surface area contributed by atoms with Gasteiger partial charge >= 0.3 is 0 Å². The van der Waals surface area contributed by atoms with Gasteiger partial charge in [0.25, 0.3) is 0 Å². The van der Waals surface area contributed by atoms with Gasteiger partial charge in [-0.3, -0.25) is 9.98 Å². The summed E-state index contributed by atoms with van der Waals surface area (Å²) in [5.41, 5.74) is 4.35. The fourth-order valence-electron chi connectivity index (χ4n) is 3.89. The maximum Gasteiger partial charge on any atom is 0.124 e. The lowest BCUT2D eigenvalue weighted by Crippen LogP contribution is -1.96. The molecule has 0 atom stereocenters. The predicted octanol–water partition coefficient (Wildman–Crippen LogP) is 7.76. The molecule has 0 aromatic heterocycles. The van der Waals surface area contributed by atoms with Crippen LogP contribution in [0, 0.1) is 0 Å². The van der Waals surface area contributed by atoms with Crippen molar-refractivity contribution >= 4 is 23.8 Å². The molecule has 0 fully saturated rings. The summed E-state index contributed by atoms with van der Waals surface area (Å²) in [6.45, 7) is 0.843. The zero-order chi connectivity index (χ0) is 27.6. The molecule has 0 unspecified atom stereocenters. The second-order valence-corrected chi connectivity index (χ2v) is 8.99. The van der Waals surface area contributed by atoms with Gasteiger partial charge in [0.05, 0.1) is 11.4 Å². The van der Waals surface area contributed by atoms with Crippen molar-refractivity contribution in [3.8, 4) is 23.0 Å². The Morgan fingerprint density at radius 2 is 0.900 bits per heavy atom. The summed E-state index contributed by atoms with van der Waals surface area (Å²) in [7, 11) is 0. The van der Waals surface area contributed by atoms with Crippen LogP contribution in [0.15, 0.2) is 131 Å². The lowest BCUT2D eigenvalue weighted by Gasteiger charge is -2.08. The number of rotatable bonds is 10. The third kappa shape index (κ3) is 7.14. The second-order valence-electron chi connectivity index (χ2n) is 8.99. The van der Waals surface area contributed by atoms with E-state index in [9.17, 15) is 10.2 Å². The smallest absolute Gasteiger partial charge is 0.124 e. The molecule has 0 spiro atoms. The number of benzene rings is 5. The normalized spacial score (nSPS) is 11.2. The number of nitrogens with zero attached hydrogens (tertiary/aromatic N) is 2. The number of hydrogen-bond donors (Lipinski definition) is 2. The maximum atomic E-state index is 10.4. The van der Waals surface area contributed by atoms with E-state index in [0.29, 0.717) is 47.2 Å². The first-order valence-electron chi connectivity index (χ1n) is 12.8. The Morgan fingerprint density at radius 1 is 0.500 bits per heavy atom. The molecule has 5 rings (SSSR count). The molecule has 0 heterocycles. The summed E-state index contributed by atoms with van der Waals surface area (Å²) in [5.74, 6) is 1.43. The van der Waals surface area contributed by atoms with E-state index in [4.69, 9.17) is 9.47 Å². The van der Waals surface area contributed by atoms with Gasteiger partial charge in [-0.25, -0.2) is 0 Å². The van der Waals surface area contributed by atoms with Crippen LogP contribution in [0.3, 0.4) is 0 Å². The van der Waals surface area contributed by atoms with E-state index < -0.39 is 0 Å². The molecule has 198 valence electrons. The van der Waals surface area contributed by atoms with Crippen LogP contribution in [0.25, 0.3) is 0 Å². The average Bonchev–Trinajstić information content (AvgIpc) is 3.00. The average molecular weight is 529 g/mol. The molecule has 40 heavy (non-hydrogen) atoms. The third-order valence-corrected chi connectivity index (χ3v) is 6.06. The number of phenols is 2. The highest BCUT2D eigenvalue weighted by molar-refractivity contribution is 5.90. The Morgan fingerprint density at radius 3 is 1.32 bits per heavy atom. The quantitative estimate of drug-likeness (QED) is 0.182. The molecule has 0 saturated heterocycles. The number of phenolic OH excluding ortho intramolecular Hbond substituents is 2. The summed E-state index contributed by atoms with van der Waals surface area (Å²) in [6.07, 6.45) is 3.16. The molecule has 0 aliphatic carbocycles. The van der Waals surface area contributed by atoms with Gasteiger partial charge in [0, 0.05) is 23.6 Å². The van der Waals surface area contributed by atoms with Crippen molar-refractivity contribution in [3.05, 3.63) is 144 Å². The maximum absolute atomic E-state index is 10.4. The summed E-state index contributed by atoms with van der Waals surface area (Å²) < 4.78 is 11.8. The molecular weight excluding hydrogens is 500 g/mol. The highest BCUT2D eigenvalue weighted by atomic mass is 16.5. The van der Waals surface area contributed by atoms with E-state index in [0.717, 1.165) is 11.1 Å². The van der Waals surface area contributed by atoms with Crippen molar-refractivity contribution in [1.82, 2.24) is 0 Å². The van der Waals surface area contributed by atoms with Crippen molar-refractivity contribution in [1.29, 1.82) is 0 Å². The van der Waals surface area contributed by atoms with Crippen LogP contribution in [0.4, 0.5) is 11.4 Å². The van der Waals surface area contributed by atoms with Crippen molar-refractivity contribution < 1.29 is 19.7 Å².